The smallest absolute Gasteiger partial charge is 0.207 e. The number of allylic oxidation sites excluding steroid dienone is 2. The first-order valence-electron chi connectivity index (χ1n) is 9.07. The van der Waals surface area contributed by atoms with Crippen molar-refractivity contribution in [1.82, 2.24) is 15.2 Å². The fourth-order valence-electron chi connectivity index (χ4n) is 1.98. The van der Waals surface area contributed by atoms with E-state index in [1.807, 2.05) is 26.1 Å². The lowest BCUT2D eigenvalue weighted by molar-refractivity contribution is -0.109. The molecule has 1 aromatic heterocycles. The molecule has 0 bridgehead atoms. The summed E-state index contributed by atoms with van der Waals surface area (Å²) in [7, 11) is 1.50. The van der Waals surface area contributed by atoms with Gasteiger partial charge in [0.2, 0.25) is 6.41 Å². The molecule has 5 nitrogen and oxygen atoms in total. The summed E-state index contributed by atoms with van der Waals surface area (Å²) in [6.07, 6.45) is 12.0. The van der Waals surface area contributed by atoms with Gasteiger partial charge in [-0.2, -0.15) is 0 Å². The largest absolute Gasteiger partial charge is 0.357 e. The van der Waals surface area contributed by atoms with Crippen molar-refractivity contribution in [2.75, 3.05) is 33.2 Å². The number of nitrogens with one attached hydrogen (secondary N) is 1. The normalized spacial score (nSPS) is 10.7. The second-order valence-electron chi connectivity index (χ2n) is 4.62. The molecule has 0 unspecified atom stereocenters. The van der Waals surface area contributed by atoms with Gasteiger partial charge in [-0.1, -0.05) is 52.0 Å². The first kappa shape index (κ1) is 25.3. The van der Waals surface area contributed by atoms with Gasteiger partial charge in [0, 0.05) is 22.1 Å². The van der Waals surface area contributed by atoms with Crippen molar-refractivity contribution in [3.05, 3.63) is 41.7 Å². The maximum Gasteiger partial charge on any atom is 0.207 e. The summed E-state index contributed by atoms with van der Waals surface area (Å²) in [6.45, 7) is 12.0. The van der Waals surface area contributed by atoms with E-state index in [-0.39, 0.29) is 2.85 Å². The van der Waals surface area contributed by atoms with Crippen molar-refractivity contribution in [3.63, 3.8) is 0 Å². The highest BCUT2D eigenvalue weighted by Crippen LogP contribution is 2.13. The van der Waals surface area contributed by atoms with E-state index in [1.165, 1.54) is 12.6 Å². The third-order valence-corrected chi connectivity index (χ3v) is 3.27. The number of hydrogen-bond acceptors (Lipinski definition) is 4. The highest BCUT2D eigenvalue weighted by atomic mass is 16.1. The summed E-state index contributed by atoms with van der Waals surface area (Å²) < 4.78 is 0. The molecule has 0 aliphatic heterocycles. The zero-order valence-corrected chi connectivity index (χ0v) is 16.5. The number of amides is 1. The van der Waals surface area contributed by atoms with Crippen molar-refractivity contribution < 1.29 is 7.65 Å². The zero-order chi connectivity index (χ0) is 19.3. The van der Waals surface area contributed by atoms with Crippen LogP contribution in [0.5, 0.6) is 0 Å². The SMILES string of the molecule is C1=Cc2cccnc2C=CC1.CC.CCN(CC)CCNC=O.CN.[HH].[HH]. The Labute approximate surface area is 157 Å². The van der Waals surface area contributed by atoms with Crippen LogP contribution in [0.2, 0.25) is 0 Å². The number of aromatic nitrogens is 1. The Morgan fingerprint density at radius 1 is 1.24 bits per heavy atom. The van der Waals surface area contributed by atoms with Crippen LogP contribution >= 0.6 is 0 Å². The highest BCUT2D eigenvalue weighted by molar-refractivity contribution is 5.64. The van der Waals surface area contributed by atoms with Crippen molar-refractivity contribution in [1.29, 1.82) is 0 Å². The number of carbonyl (C=O) groups excluding carboxylic acids is 1. The standard InChI is InChI=1S/C10H9N.C7H16N2O.C2H6.CH5N.2H2/c1-2-5-9-6-4-8-11-10(9)7-3-1;1-3-9(4-2)6-5-8-7-10;2*1-2;;/h2-8H,1H2;7H,3-6H2,1-2H3,(H,8,10);1-2H3;2H2,1H3;2*1H. The van der Waals surface area contributed by atoms with Gasteiger partial charge in [0.05, 0.1) is 5.69 Å². The molecular weight excluding hydrogens is 312 g/mol. The Morgan fingerprint density at radius 3 is 2.48 bits per heavy atom. The molecule has 1 aliphatic rings. The molecule has 2 rings (SSSR count). The van der Waals surface area contributed by atoms with E-state index < -0.39 is 0 Å². The Hall–Kier alpha value is -1.98. The van der Waals surface area contributed by atoms with Crippen LogP contribution in [0.1, 0.15) is 48.2 Å². The topological polar surface area (TPSA) is 71.2 Å². The first-order chi connectivity index (χ1) is 12.3. The molecule has 146 valence electrons. The Kier molecular flexibility index (Phi) is 20.3. The molecule has 25 heavy (non-hydrogen) atoms. The molecule has 0 saturated carbocycles. The number of nitrogens with two attached hydrogens (primary N) is 1. The molecule has 0 saturated heterocycles. The summed E-state index contributed by atoms with van der Waals surface area (Å²) in [5.74, 6) is 0. The van der Waals surface area contributed by atoms with Crippen LogP contribution in [0.3, 0.4) is 0 Å². The number of nitrogens with zero attached hydrogens (tertiary/aromatic N) is 2. The van der Waals surface area contributed by atoms with Gasteiger partial charge in [-0.05, 0) is 44.3 Å². The first-order valence-corrected chi connectivity index (χ1v) is 9.07. The molecular formula is C20H40N4O. The number of likely N-dealkylation sites (N-methyl/N-ethyl adjacent to an activating group) is 1. The van der Waals surface area contributed by atoms with Crippen LogP contribution in [0.4, 0.5) is 0 Å². The van der Waals surface area contributed by atoms with Gasteiger partial charge in [0.1, 0.15) is 0 Å². The number of hydrogen-bond donors (Lipinski definition) is 2. The van der Waals surface area contributed by atoms with Crippen LogP contribution in [-0.2, 0) is 4.79 Å². The summed E-state index contributed by atoms with van der Waals surface area (Å²) >= 11 is 0. The minimum Gasteiger partial charge on any atom is -0.357 e. The van der Waals surface area contributed by atoms with Crippen LogP contribution in [-0.4, -0.2) is 49.5 Å². The van der Waals surface area contributed by atoms with Gasteiger partial charge in [-0.15, -0.1) is 0 Å². The van der Waals surface area contributed by atoms with Gasteiger partial charge < -0.3 is 16.0 Å². The average molecular weight is 353 g/mol. The van der Waals surface area contributed by atoms with Crippen LogP contribution < -0.4 is 11.1 Å². The number of pyridine rings is 1. The second kappa shape index (κ2) is 20.1. The van der Waals surface area contributed by atoms with E-state index in [9.17, 15) is 4.79 Å². The van der Waals surface area contributed by atoms with Gasteiger partial charge in [0.25, 0.3) is 0 Å². The van der Waals surface area contributed by atoms with Gasteiger partial charge in [-0.25, -0.2) is 0 Å². The highest BCUT2D eigenvalue weighted by Gasteiger charge is 1.96. The quantitative estimate of drug-likeness (QED) is 0.605. The van der Waals surface area contributed by atoms with Crippen molar-refractivity contribution in [3.8, 4) is 0 Å². The summed E-state index contributed by atoms with van der Waals surface area (Å²) in [4.78, 5) is 16.3. The number of fused-ring (bicyclic) bond motifs is 1. The summed E-state index contributed by atoms with van der Waals surface area (Å²) in [6, 6.07) is 4.04. The fraction of sp³-hybridized carbons (Fsp3) is 0.500. The fourth-order valence-corrected chi connectivity index (χ4v) is 1.98. The predicted molar refractivity (Wildman–Crippen MR) is 114 cm³/mol. The molecule has 5 heteroatoms. The van der Waals surface area contributed by atoms with E-state index in [1.54, 1.807) is 0 Å². The van der Waals surface area contributed by atoms with Gasteiger partial charge in [0.15, 0.2) is 0 Å². The van der Waals surface area contributed by atoms with Crippen molar-refractivity contribution in [2.45, 2.75) is 34.1 Å². The monoisotopic (exact) mass is 352 g/mol. The van der Waals surface area contributed by atoms with Crippen LogP contribution in [0.25, 0.3) is 12.2 Å². The lowest BCUT2D eigenvalue weighted by atomic mass is 10.2. The minimum absolute atomic E-state index is 0. The number of rotatable bonds is 6. The van der Waals surface area contributed by atoms with Crippen molar-refractivity contribution in [2.24, 2.45) is 5.73 Å². The summed E-state index contributed by atoms with van der Waals surface area (Å²) in [5, 5.41) is 2.63. The molecule has 0 radical (unpaired) electrons. The van der Waals surface area contributed by atoms with Gasteiger partial charge >= 0.3 is 0 Å². The molecule has 0 atom stereocenters. The van der Waals surface area contributed by atoms with Crippen molar-refractivity contribution >= 4 is 18.6 Å². The summed E-state index contributed by atoms with van der Waals surface area (Å²) in [5.41, 5.74) is 6.78. The van der Waals surface area contributed by atoms with Gasteiger partial charge in [-0.3, -0.25) is 9.78 Å². The lowest BCUT2D eigenvalue weighted by Gasteiger charge is -2.16. The average Bonchev–Trinajstić information content (AvgIpc) is 2.94. The molecule has 1 aliphatic carbocycles. The molecule has 0 spiro atoms. The number of carbonyl (C=O) groups is 1. The van der Waals surface area contributed by atoms with Crippen LogP contribution in [0, 0.1) is 0 Å². The molecule has 0 aromatic carbocycles. The molecule has 1 aromatic rings. The van der Waals surface area contributed by atoms with E-state index in [2.05, 4.69) is 65.2 Å². The Balaban J connectivity index is -0.000000156. The lowest BCUT2D eigenvalue weighted by Crippen LogP contribution is -2.31. The second-order valence-corrected chi connectivity index (χ2v) is 4.62. The molecule has 3 N–H and O–H groups in total. The zero-order valence-electron chi connectivity index (χ0n) is 16.5. The Bertz CT molecular complexity index is 448. The molecule has 0 fully saturated rings. The van der Waals surface area contributed by atoms with E-state index in [0.717, 1.165) is 44.7 Å². The minimum atomic E-state index is 0. The maximum atomic E-state index is 9.83. The molecule has 1 heterocycles. The third-order valence-electron chi connectivity index (χ3n) is 3.27. The van der Waals surface area contributed by atoms with E-state index in [4.69, 9.17) is 0 Å². The Morgan fingerprint density at radius 2 is 1.88 bits per heavy atom. The maximum absolute atomic E-state index is 9.83. The van der Waals surface area contributed by atoms with Crippen LogP contribution in [0.15, 0.2) is 30.5 Å². The third kappa shape index (κ3) is 13.0. The van der Waals surface area contributed by atoms with E-state index >= 15 is 0 Å². The molecule has 1 amide bonds. The predicted octanol–water partition coefficient (Wildman–Crippen LogP) is 3.68. The van der Waals surface area contributed by atoms with E-state index in [0.29, 0.717) is 0 Å².